The third-order valence-corrected chi connectivity index (χ3v) is 3.98. The van der Waals surface area contributed by atoms with Crippen LogP contribution in [0.3, 0.4) is 0 Å². The Labute approximate surface area is 93.4 Å². The van der Waals surface area contributed by atoms with Gasteiger partial charge in [-0.25, -0.2) is 5.48 Å². The summed E-state index contributed by atoms with van der Waals surface area (Å²) in [7, 11) is 1.45. The van der Waals surface area contributed by atoms with Crippen molar-refractivity contribution in [3.63, 3.8) is 0 Å². The Morgan fingerprint density at radius 3 is 3.20 bits per heavy atom. The van der Waals surface area contributed by atoms with Gasteiger partial charge in [0, 0.05) is 4.88 Å². The zero-order valence-corrected chi connectivity index (χ0v) is 9.82. The third kappa shape index (κ3) is 2.21. The molecule has 1 atom stereocenters. The summed E-state index contributed by atoms with van der Waals surface area (Å²) in [5, 5.41) is 0. The van der Waals surface area contributed by atoms with Gasteiger partial charge in [-0.1, -0.05) is 6.92 Å². The normalized spacial score (nSPS) is 19.7. The van der Waals surface area contributed by atoms with Crippen molar-refractivity contribution in [3.8, 4) is 0 Å². The summed E-state index contributed by atoms with van der Waals surface area (Å²) < 4.78 is 0. The molecule has 4 heteroatoms. The van der Waals surface area contributed by atoms with Crippen LogP contribution in [-0.4, -0.2) is 13.0 Å². The number of amides is 1. The third-order valence-electron chi connectivity index (χ3n) is 2.75. The zero-order valence-electron chi connectivity index (χ0n) is 9.00. The molecule has 15 heavy (non-hydrogen) atoms. The predicted octanol–water partition coefficient (Wildman–Crippen LogP) is 2.16. The average Bonchev–Trinajstić information content (AvgIpc) is 2.60. The molecule has 0 saturated heterocycles. The molecule has 1 aromatic heterocycles. The van der Waals surface area contributed by atoms with Crippen molar-refractivity contribution in [1.82, 2.24) is 5.48 Å². The van der Waals surface area contributed by atoms with E-state index in [0.717, 1.165) is 23.6 Å². The molecule has 1 unspecified atom stereocenters. The number of hydrogen-bond acceptors (Lipinski definition) is 3. The van der Waals surface area contributed by atoms with Crippen molar-refractivity contribution in [1.29, 1.82) is 0 Å². The Balaban J connectivity index is 2.19. The monoisotopic (exact) mass is 225 g/mol. The zero-order chi connectivity index (χ0) is 10.8. The Hall–Kier alpha value is -0.870. The van der Waals surface area contributed by atoms with Gasteiger partial charge >= 0.3 is 0 Å². The summed E-state index contributed by atoms with van der Waals surface area (Å²) in [4.78, 5) is 18.3. The van der Waals surface area contributed by atoms with Crippen LogP contribution in [0.5, 0.6) is 0 Å². The summed E-state index contributed by atoms with van der Waals surface area (Å²) in [5.74, 6) is 0.606. The van der Waals surface area contributed by atoms with Crippen LogP contribution in [0.4, 0.5) is 0 Å². The minimum atomic E-state index is -0.135. The van der Waals surface area contributed by atoms with Gasteiger partial charge in [-0.3, -0.25) is 9.63 Å². The number of hydrogen-bond donors (Lipinski definition) is 1. The molecule has 1 amide bonds. The van der Waals surface area contributed by atoms with Crippen molar-refractivity contribution in [2.75, 3.05) is 7.11 Å². The Bertz CT molecular complexity index is 373. The van der Waals surface area contributed by atoms with Gasteiger partial charge < -0.3 is 0 Å². The van der Waals surface area contributed by atoms with E-state index in [4.69, 9.17) is 0 Å². The maximum Gasteiger partial charge on any atom is 0.284 e. The van der Waals surface area contributed by atoms with Gasteiger partial charge in [-0.2, -0.15) is 0 Å². The van der Waals surface area contributed by atoms with E-state index < -0.39 is 0 Å². The van der Waals surface area contributed by atoms with Gasteiger partial charge in [0.2, 0.25) is 0 Å². The number of hydroxylamine groups is 1. The largest absolute Gasteiger partial charge is 0.284 e. The summed E-state index contributed by atoms with van der Waals surface area (Å²) in [6, 6.07) is 2.00. The molecular formula is C11H15NO2S. The highest BCUT2D eigenvalue weighted by Gasteiger charge is 2.20. The number of carbonyl (C=O) groups excluding carboxylic acids is 1. The number of thiophene rings is 1. The molecule has 0 aromatic carbocycles. The van der Waals surface area contributed by atoms with E-state index in [1.807, 2.05) is 6.07 Å². The van der Waals surface area contributed by atoms with E-state index in [0.29, 0.717) is 0 Å². The molecule has 1 aromatic rings. The van der Waals surface area contributed by atoms with Crippen LogP contribution >= 0.6 is 11.3 Å². The molecule has 0 bridgehead atoms. The van der Waals surface area contributed by atoms with E-state index in [-0.39, 0.29) is 5.91 Å². The molecular weight excluding hydrogens is 210 g/mol. The van der Waals surface area contributed by atoms with Gasteiger partial charge in [-0.05, 0) is 36.8 Å². The molecule has 1 heterocycles. The first-order valence-corrected chi connectivity index (χ1v) is 5.97. The minimum Gasteiger partial charge on any atom is -0.277 e. The van der Waals surface area contributed by atoms with Crippen LogP contribution in [-0.2, 0) is 17.7 Å². The maximum absolute atomic E-state index is 11.5. The lowest BCUT2D eigenvalue weighted by molar-refractivity contribution is 0.0542. The minimum absolute atomic E-state index is 0.135. The Morgan fingerprint density at radius 1 is 1.67 bits per heavy atom. The summed E-state index contributed by atoms with van der Waals surface area (Å²) >= 11 is 1.59. The fourth-order valence-corrected chi connectivity index (χ4v) is 3.05. The summed E-state index contributed by atoms with van der Waals surface area (Å²) in [6.07, 6.45) is 3.45. The smallest absolute Gasteiger partial charge is 0.277 e. The molecule has 0 spiro atoms. The Kier molecular flexibility index (Phi) is 3.07. The fraction of sp³-hybridized carbons (Fsp3) is 0.545. The van der Waals surface area contributed by atoms with Crippen molar-refractivity contribution in [3.05, 3.63) is 21.4 Å². The van der Waals surface area contributed by atoms with E-state index in [1.165, 1.54) is 24.0 Å². The molecule has 1 aliphatic rings. The number of rotatable bonds is 2. The molecule has 0 aliphatic heterocycles. The maximum atomic E-state index is 11.5. The molecule has 1 aliphatic carbocycles. The highest BCUT2D eigenvalue weighted by Crippen LogP contribution is 2.32. The lowest BCUT2D eigenvalue weighted by atomic mass is 9.90. The second-order valence-corrected chi connectivity index (χ2v) is 5.18. The number of carbonyl (C=O) groups is 1. The second-order valence-electron chi connectivity index (χ2n) is 4.04. The fourth-order valence-electron chi connectivity index (χ4n) is 1.96. The quantitative estimate of drug-likeness (QED) is 0.783. The average molecular weight is 225 g/mol. The van der Waals surface area contributed by atoms with Crippen molar-refractivity contribution in [2.24, 2.45) is 5.92 Å². The van der Waals surface area contributed by atoms with Gasteiger partial charge in [0.1, 0.15) is 0 Å². The van der Waals surface area contributed by atoms with Crippen LogP contribution < -0.4 is 5.48 Å². The predicted molar refractivity (Wildman–Crippen MR) is 60.0 cm³/mol. The number of aryl methyl sites for hydroxylation is 1. The topological polar surface area (TPSA) is 38.3 Å². The molecule has 2 rings (SSSR count). The van der Waals surface area contributed by atoms with Gasteiger partial charge in [0.15, 0.2) is 0 Å². The van der Waals surface area contributed by atoms with Gasteiger partial charge in [0.05, 0.1) is 12.0 Å². The van der Waals surface area contributed by atoms with Crippen molar-refractivity contribution < 1.29 is 9.63 Å². The highest BCUT2D eigenvalue weighted by molar-refractivity contribution is 7.14. The molecule has 82 valence electrons. The van der Waals surface area contributed by atoms with Crippen LogP contribution in [0.2, 0.25) is 0 Å². The summed E-state index contributed by atoms with van der Waals surface area (Å²) in [6.45, 7) is 2.26. The first-order valence-electron chi connectivity index (χ1n) is 5.15. The van der Waals surface area contributed by atoms with Gasteiger partial charge in [0.25, 0.3) is 5.91 Å². The van der Waals surface area contributed by atoms with Gasteiger partial charge in [-0.15, -0.1) is 11.3 Å². The van der Waals surface area contributed by atoms with Crippen LogP contribution in [0, 0.1) is 5.92 Å². The SMILES string of the molecule is CONC(=O)c1cc2c(s1)CCC(C)C2. The van der Waals surface area contributed by atoms with E-state index in [1.54, 1.807) is 11.3 Å². The summed E-state index contributed by atoms with van der Waals surface area (Å²) in [5.41, 5.74) is 3.70. The Morgan fingerprint density at radius 2 is 2.47 bits per heavy atom. The number of nitrogens with one attached hydrogen (secondary N) is 1. The van der Waals surface area contributed by atoms with Crippen molar-refractivity contribution in [2.45, 2.75) is 26.2 Å². The van der Waals surface area contributed by atoms with E-state index in [2.05, 4.69) is 17.2 Å². The molecule has 1 N–H and O–H groups in total. The lowest BCUT2D eigenvalue weighted by Crippen LogP contribution is -2.20. The first-order chi connectivity index (χ1) is 7.20. The highest BCUT2D eigenvalue weighted by atomic mass is 32.1. The van der Waals surface area contributed by atoms with E-state index in [9.17, 15) is 4.79 Å². The van der Waals surface area contributed by atoms with Crippen molar-refractivity contribution >= 4 is 17.2 Å². The number of fused-ring (bicyclic) bond motifs is 1. The molecule has 0 fully saturated rings. The second kappa shape index (κ2) is 4.33. The standard InChI is InChI=1S/C11H15NO2S/c1-7-3-4-9-8(5-7)6-10(15-9)11(13)12-14-2/h6-7H,3-5H2,1-2H3,(H,12,13). The lowest BCUT2D eigenvalue weighted by Gasteiger charge is -2.16. The molecule has 3 nitrogen and oxygen atoms in total. The van der Waals surface area contributed by atoms with Crippen LogP contribution in [0.1, 0.15) is 33.5 Å². The molecule has 0 radical (unpaired) electrons. The first kappa shape index (κ1) is 10.6. The van der Waals surface area contributed by atoms with E-state index >= 15 is 0 Å². The van der Waals surface area contributed by atoms with Crippen LogP contribution in [0.15, 0.2) is 6.07 Å². The molecule has 0 saturated carbocycles. The van der Waals surface area contributed by atoms with Crippen LogP contribution in [0.25, 0.3) is 0 Å².